The van der Waals surface area contributed by atoms with Gasteiger partial charge in [-0.05, 0) is 11.6 Å². The van der Waals surface area contributed by atoms with E-state index in [-0.39, 0.29) is 24.6 Å². The average molecular weight is 332 g/mol. The number of nitrogens with zero attached hydrogens (tertiary/aromatic N) is 2. The van der Waals surface area contributed by atoms with Gasteiger partial charge in [-0.2, -0.15) is 0 Å². The van der Waals surface area contributed by atoms with E-state index in [9.17, 15) is 28.1 Å². The second-order valence-corrected chi connectivity index (χ2v) is 5.86. The van der Waals surface area contributed by atoms with Crippen LogP contribution in [-0.2, 0) is 14.9 Å². The molecule has 0 fully saturated rings. The van der Waals surface area contributed by atoms with Crippen LogP contribution in [0.5, 0.6) is 0 Å². The monoisotopic (exact) mass is 332 g/mol. The van der Waals surface area contributed by atoms with E-state index in [4.69, 9.17) is 0 Å². The number of non-ortho nitro benzene ring substituents is 1. The Hall–Kier alpha value is -2.16. The van der Waals surface area contributed by atoms with Gasteiger partial charge in [0.25, 0.3) is 5.69 Å². The molecule has 1 aromatic rings. The van der Waals surface area contributed by atoms with E-state index in [1.54, 1.807) is 13.8 Å². The molecule has 6 nitrogen and oxygen atoms in total. The number of fused-ring (bicyclic) bond motifs is 1. The number of amides is 1. The molecule has 23 heavy (non-hydrogen) atoms. The van der Waals surface area contributed by atoms with Crippen LogP contribution in [0.4, 0.5) is 24.5 Å². The molecule has 0 aliphatic carbocycles. The summed E-state index contributed by atoms with van der Waals surface area (Å²) in [7, 11) is 0. The molecule has 0 bridgehead atoms. The number of alkyl halides is 3. The SMILES string of the molecule is CC1(C)CC(=O)N(CCOC(F)(F)F)c2ccc([N+](=O)[O-])cc21. The molecule has 0 spiro atoms. The van der Waals surface area contributed by atoms with E-state index in [2.05, 4.69) is 4.74 Å². The van der Waals surface area contributed by atoms with Gasteiger partial charge in [0.15, 0.2) is 0 Å². The van der Waals surface area contributed by atoms with E-state index in [0.717, 1.165) is 0 Å². The minimum Gasteiger partial charge on any atom is -0.310 e. The first-order valence-electron chi connectivity index (χ1n) is 6.81. The lowest BCUT2D eigenvalue weighted by atomic mass is 9.77. The summed E-state index contributed by atoms with van der Waals surface area (Å²) in [6.07, 6.45) is -4.72. The Labute approximate surface area is 130 Å². The maximum absolute atomic E-state index is 12.2. The number of rotatable bonds is 4. The Kier molecular flexibility index (Phi) is 4.34. The number of halogens is 3. The quantitative estimate of drug-likeness (QED) is 0.627. The molecule has 1 amide bonds. The maximum Gasteiger partial charge on any atom is 0.522 e. The first kappa shape index (κ1) is 17.2. The van der Waals surface area contributed by atoms with Crippen molar-refractivity contribution in [3.8, 4) is 0 Å². The standard InChI is InChI=1S/C14H15F3N2O4/c1-13(2)8-12(20)18(5-6-23-14(15,16)17)11-4-3-9(19(21)22)7-10(11)13/h3-4,7H,5-6,8H2,1-2H3. The highest BCUT2D eigenvalue weighted by atomic mass is 19.4. The molecule has 0 N–H and O–H groups in total. The summed E-state index contributed by atoms with van der Waals surface area (Å²) in [6.45, 7) is 2.54. The molecule has 0 aromatic heterocycles. The molecule has 0 atom stereocenters. The zero-order valence-electron chi connectivity index (χ0n) is 12.5. The second-order valence-electron chi connectivity index (χ2n) is 5.86. The summed E-state index contributed by atoms with van der Waals surface area (Å²) in [5.41, 5.74) is 0.165. The lowest BCUT2D eigenvalue weighted by Crippen LogP contribution is -2.43. The van der Waals surface area contributed by atoms with Crippen LogP contribution in [-0.4, -0.2) is 30.3 Å². The van der Waals surface area contributed by atoms with Crippen LogP contribution in [0.25, 0.3) is 0 Å². The molecule has 0 saturated carbocycles. The highest BCUT2D eigenvalue weighted by Gasteiger charge is 2.38. The normalized spacial score (nSPS) is 17.1. The third-order valence-corrected chi connectivity index (χ3v) is 3.69. The summed E-state index contributed by atoms with van der Waals surface area (Å²) in [6, 6.07) is 3.98. The molecule has 126 valence electrons. The number of carbonyl (C=O) groups excluding carboxylic acids is 1. The molecular weight excluding hydrogens is 317 g/mol. The molecule has 0 unspecified atom stereocenters. The van der Waals surface area contributed by atoms with Gasteiger partial charge in [0, 0.05) is 36.2 Å². The van der Waals surface area contributed by atoms with Gasteiger partial charge < -0.3 is 4.90 Å². The van der Waals surface area contributed by atoms with Crippen molar-refractivity contribution in [1.82, 2.24) is 0 Å². The average Bonchev–Trinajstić information content (AvgIpc) is 2.40. The fourth-order valence-electron chi connectivity index (χ4n) is 2.62. The number of nitro groups is 1. The highest BCUT2D eigenvalue weighted by molar-refractivity contribution is 5.98. The minimum absolute atomic E-state index is 0.0488. The van der Waals surface area contributed by atoms with Crippen LogP contribution >= 0.6 is 0 Å². The van der Waals surface area contributed by atoms with Crippen LogP contribution in [0.1, 0.15) is 25.8 Å². The van der Waals surface area contributed by atoms with E-state index in [1.807, 2.05) is 0 Å². The Bertz CT molecular complexity index is 643. The first-order chi connectivity index (χ1) is 10.5. The zero-order valence-corrected chi connectivity index (χ0v) is 12.5. The van der Waals surface area contributed by atoms with Gasteiger partial charge in [0.2, 0.25) is 5.91 Å². The Morgan fingerprint density at radius 3 is 2.61 bits per heavy atom. The van der Waals surface area contributed by atoms with Gasteiger partial charge in [0.1, 0.15) is 0 Å². The summed E-state index contributed by atoms with van der Waals surface area (Å²) in [5.74, 6) is -0.345. The molecule has 1 aromatic carbocycles. The Balaban J connectivity index is 2.32. The number of hydrogen-bond acceptors (Lipinski definition) is 4. The number of anilines is 1. The van der Waals surface area contributed by atoms with E-state index >= 15 is 0 Å². The number of benzene rings is 1. The van der Waals surface area contributed by atoms with Crippen molar-refractivity contribution < 1.29 is 27.6 Å². The lowest BCUT2D eigenvalue weighted by molar-refractivity contribution is -0.385. The number of hydrogen-bond donors (Lipinski definition) is 0. The van der Waals surface area contributed by atoms with Gasteiger partial charge in [-0.1, -0.05) is 13.8 Å². The highest BCUT2D eigenvalue weighted by Crippen LogP contribution is 2.41. The van der Waals surface area contributed by atoms with Crippen LogP contribution in [0.15, 0.2) is 18.2 Å². The van der Waals surface area contributed by atoms with E-state index in [0.29, 0.717) is 11.3 Å². The lowest BCUT2D eigenvalue weighted by Gasteiger charge is -2.38. The topological polar surface area (TPSA) is 72.7 Å². The van der Waals surface area contributed by atoms with Crippen molar-refractivity contribution in [2.24, 2.45) is 0 Å². The predicted octanol–water partition coefficient (Wildman–Crippen LogP) is 3.15. The van der Waals surface area contributed by atoms with Crippen molar-refractivity contribution in [2.75, 3.05) is 18.1 Å². The zero-order chi connectivity index (χ0) is 17.4. The molecule has 1 heterocycles. The molecule has 1 aliphatic rings. The van der Waals surface area contributed by atoms with Crippen LogP contribution in [0.2, 0.25) is 0 Å². The van der Waals surface area contributed by atoms with Crippen molar-refractivity contribution in [3.05, 3.63) is 33.9 Å². The fourth-order valence-corrected chi connectivity index (χ4v) is 2.62. The summed E-state index contributed by atoms with van der Waals surface area (Å²) < 4.78 is 39.9. The number of carbonyl (C=O) groups is 1. The molecule has 0 radical (unpaired) electrons. The smallest absolute Gasteiger partial charge is 0.310 e. The molecule has 2 rings (SSSR count). The summed E-state index contributed by atoms with van der Waals surface area (Å²) in [4.78, 5) is 23.7. The van der Waals surface area contributed by atoms with E-state index in [1.165, 1.54) is 23.1 Å². The largest absolute Gasteiger partial charge is 0.522 e. The Morgan fingerprint density at radius 1 is 1.39 bits per heavy atom. The van der Waals surface area contributed by atoms with Gasteiger partial charge in [-0.15, -0.1) is 13.2 Å². The van der Waals surface area contributed by atoms with Gasteiger partial charge in [-0.3, -0.25) is 19.6 Å². The Morgan fingerprint density at radius 2 is 2.04 bits per heavy atom. The molecule has 9 heteroatoms. The van der Waals surface area contributed by atoms with Crippen molar-refractivity contribution in [1.29, 1.82) is 0 Å². The van der Waals surface area contributed by atoms with Crippen LogP contribution in [0, 0.1) is 10.1 Å². The minimum atomic E-state index is -4.77. The van der Waals surface area contributed by atoms with Crippen LogP contribution in [0.3, 0.4) is 0 Å². The fraction of sp³-hybridized carbons (Fsp3) is 0.500. The summed E-state index contributed by atoms with van der Waals surface area (Å²) in [5, 5.41) is 10.9. The van der Waals surface area contributed by atoms with Gasteiger partial charge in [0.05, 0.1) is 11.5 Å². The number of nitro benzene ring substituents is 1. The van der Waals surface area contributed by atoms with Crippen molar-refractivity contribution in [2.45, 2.75) is 32.0 Å². The molecule has 1 aliphatic heterocycles. The van der Waals surface area contributed by atoms with Gasteiger partial charge in [-0.25, -0.2) is 0 Å². The number of ether oxygens (including phenoxy) is 1. The van der Waals surface area contributed by atoms with E-state index < -0.39 is 23.3 Å². The second kappa shape index (κ2) is 5.80. The maximum atomic E-state index is 12.2. The third-order valence-electron chi connectivity index (χ3n) is 3.69. The van der Waals surface area contributed by atoms with Crippen molar-refractivity contribution >= 4 is 17.3 Å². The third kappa shape index (κ3) is 3.79. The summed E-state index contributed by atoms with van der Waals surface area (Å²) >= 11 is 0. The molecular formula is C14H15F3N2O4. The van der Waals surface area contributed by atoms with Crippen LogP contribution < -0.4 is 4.90 Å². The van der Waals surface area contributed by atoms with Crippen molar-refractivity contribution in [3.63, 3.8) is 0 Å². The van der Waals surface area contributed by atoms with Gasteiger partial charge >= 0.3 is 6.36 Å². The molecule has 0 saturated heterocycles. The first-order valence-corrected chi connectivity index (χ1v) is 6.81. The predicted molar refractivity (Wildman–Crippen MR) is 75.1 cm³/mol.